The molecular weight excluding hydrogens is 184 g/mol. The van der Waals surface area contributed by atoms with E-state index in [0.717, 1.165) is 18.3 Å². The average molecular weight is 204 g/mol. The zero-order valence-electron chi connectivity index (χ0n) is 9.92. The molecule has 1 heteroatoms. The fourth-order valence-electron chi connectivity index (χ4n) is 4.31. The molecule has 3 aliphatic rings. The third-order valence-electron chi connectivity index (χ3n) is 5.09. The predicted molar refractivity (Wildman–Crippen MR) is 60.4 cm³/mol. The van der Waals surface area contributed by atoms with Crippen molar-refractivity contribution in [3.63, 3.8) is 0 Å². The Balaban J connectivity index is 1.95. The molecule has 0 bridgehead atoms. The van der Waals surface area contributed by atoms with Crippen molar-refractivity contribution in [1.29, 1.82) is 0 Å². The van der Waals surface area contributed by atoms with Gasteiger partial charge in [-0.1, -0.05) is 32.9 Å². The van der Waals surface area contributed by atoms with Crippen LogP contribution < -0.4 is 0 Å². The van der Waals surface area contributed by atoms with Gasteiger partial charge in [-0.3, -0.25) is 4.79 Å². The van der Waals surface area contributed by atoms with E-state index in [1.165, 1.54) is 12.8 Å². The Morgan fingerprint density at radius 3 is 2.60 bits per heavy atom. The molecular formula is C14H20O. The van der Waals surface area contributed by atoms with Gasteiger partial charge in [-0.15, -0.1) is 0 Å². The fourth-order valence-corrected chi connectivity index (χ4v) is 4.31. The molecule has 0 heterocycles. The smallest absolute Gasteiger partial charge is 0.140 e. The van der Waals surface area contributed by atoms with Crippen molar-refractivity contribution in [3.05, 3.63) is 12.2 Å². The second-order valence-corrected chi connectivity index (χ2v) is 6.85. The van der Waals surface area contributed by atoms with E-state index in [9.17, 15) is 4.79 Å². The lowest BCUT2D eigenvalue weighted by molar-refractivity contribution is -0.144. The van der Waals surface area contributed by atoms with Crippen LogP contribution in [-0.4, -0.2) is 5.78 Å². The van der Waals surface area contributed by atoms with Crippen LogP contribution in [0.3, 0.4) is 0 Å². The molecule has 0 aromatic carbocycles. The maximum Gasteiger partial charge on any atom is 0.140 e. The third-order valence-corrected chi connectivity index (χ3v) is 5.09. The van der Waals surface area contributed by atoms with Crippen LogP contribution >= 0.6 is 0 Å². The van der Waals surface area contributed by atoms with Crippen LogP contribution in [0.1, 0.15) is 40.0 Å². The molecule has 82 valence electrons. The number of carbonyl (C=O) groups excluding carboxylic acids is 1. The number of hydrogen-bond acceptors (Lipinski definition) is 1. The number of allylic oxidation sites excluding steroid dienone is 2. The number of hydrogen-bond donors (Lipinski definition) is 0. The Morgan fingerprint density at radius 1 is 1.20 bits per heavy atom. The van der Waals surface area contributed by atoms with Crippen molar-refractivity contribution in [3.8, 4) is 0 Å². The minimum atomic E-state index is 0.257. The Labute approximate surface area is 91.9 Å². The summed E-state index contributed by atoms with van der Waals surface area (Å²) in [5.41, 5.74) is 0.792. The lowest BCUT2D eigenvalue weighted by atomic mass is 9.50. The van der Waals surface area contributed by atoms with E-state index in [1.807, 2.05) is 0 Å². The van der Waals surface area contributed by atoms with Crippen LogP contribution in [0.15, 0.2) is 12.2 Å². The van der Waals surface area contributed by atoms with Crippen LogP contribution in [0, 0.1) is 28.6 Å². The molecule has 3 rings (SSSR count). The normalized spacial score (nSPS) is 50.9. The molecule has 0 unspecified atom stereocenters. The van der Waals surface area contributed by atoms with Gasteiger partial charge in [-0.2, -0.15) is 0 Å². The van der Waals surface area contributed by atoms with Crippen LogP contribution in [0.2, 0.25) is 0 Å². The van der Waals surface area contributed by atoms with Gasteiger partial charge in [0.1, 0.15) is 5.78 Å². The number of rotatable bonds is 0. The van der Waals surface area contributed by atoms with E-state index in [1.54, 1.807) is 0 Å². The van der Waals surface area contributed by atoms with Crippen molar-refractivity contribution in [2.45, 2.75) is 40.0 Å². The topological polar surface area (TPSA) is 17.1 Å². The molecule has 0 spiro atoms. The first-order valence-corrected chi connectivity index (χ1v) is 6.13. The molecule has 0 N–H and O–H groups in total. The molecule has 1 nitrogen and oxygen atoms in total. The molecule has 0 amide bonds. The van der Waals surface area contributed by atoms with Gasteiger partial charge in [0, 0.05) is 12.3 Å². The summed E-state index contributed by atoms with van der Waals surface area (Å²) in [5.74, 6) is 2.24. The predicted octanol–water partition coefficient (Wildman–Crippen LogP) is 3.20. The highest BCUT2D eigenvalue weighted by Crippen LogP contribution is 2.63. The van der Waals surface area contributed by atoms with Gasteiger partial charge in [0.05, 0.1) is 0 Å². The molecule has 2 saturated carbocycles. The third kappa shape index (κ3) is 1.12. The minimum Gasteiger partial charge on any atom is -0.299 e. The zero-order valence-corrected chi connectivity index (χ0v) is 9.92. The molecule has 3 aliphatic carbocycles. The monoisotopic (exact) mass is 204 g/mol. The van der Waals surface area contributed by atoms with E-state index < -0.39 is 0 Å². The summed E-state index contributed by atoms with van der Waals surface area (Å²) in [7, 11) is 0. The molecule has 15 heavy (non-hydrogen) atoms. The summed E-state index contributed by atoms with van der Waals surface area (Å²) in [4.78, 5) is 11.6. The summed E-state index contributed by atoms with van der Waals surface area (Å²) in [6.07, 6.45) is 7.99. The molecule has 0 aliphatic heterocycles. The zero-order chi connectivity index (χ0) is 10.8. The van der Waals surface area contributed by atoms with E-state index in [-0.39, 0.29) is 5.92 Å². The number of carbonyl (C=O) groups is 1. The SMILES string of the molecule is CC1(C)C[C@@H]2[C@@H](C=C[C@H]3C(=O)C[C@@]23C)C1. The second-order valence-electron chi connectivity index (χ2n) is 6.85. The lowest BCUT2D eigenvalue weighted by Crippen LogP contribution is -2.53. The van der Waals surface area contributed by atoms with Crippen LogP contribution in [0.25, 0.3) is 0 Å². The van der Waals surface area contributed by atoms with Crippen LogP contribution in [0.5, 0.6) is 0 Å². The van der Waals surface area contributed by atoms with Crippen LogP contribution in [-0.2, 0) is 4.79 Å². The first-order chi connectivity index (χ1) is 6.92. The summed E-state index contributed by atoms with van der Waals surface area (Å²) in [6.45, 7) is 7.08. The number of fused-ring (bicyclic) bond motifs is 3. The molecule has 2 fully saturated rings. The number of ketones is 1. The van der Waals surface area contributed by atoms with E-state index in [0.29, 0.717) is 16.6 Å². The fraction of sp³-hybridized carbons (Fsp3) is 0.786. The highest BCUT2D eigenvalue weighted by atomic mass is 16.1. The van der Waals surface area contributed by atoms with Crippen molar-refractivity contribution in [2.75, 3.05) is 0 Å². The molecule has 0 aromatic heterocycles. The molecule has 0 saturated heterocycles. The van der Waals surface area contributed by atoms with Gasteiger partial charge < -0.3 is 0 Å². The Kier molecular flexibility index (Phi) is 1.64. The number of Topliss-reactive ketones (excluding diaryl/α,β-unsaturated/α-hetero) is 1. The van der Waals surface area contributed by atoms with Gasteiger partial charge in [-0.05, 0) is 35.5 Å². The minimum absolute atomic E-state index is 0.257. The summed E-state index contributed by atoms with van der Waals surface area (Å²) in [5, 5.41) is 0. The van der Waals surface area contributed by atoms with Crippen molar-refractivity contribution in [1.82, 2.24) is 0 Å². The maximum atomic E-state index is 11.6. The summed E-state index contributed by atoms with van der Waals surface area (Å²) in [6, 6.07) is 0. The Hall–Kier alpha value is -0.590. The maximum absolute atomic E-state index is 11.6. The highest BCUT2D eigenvalue weighted by Gasteiger charge is 2.59. The standard InChI is InChI=1S/C14H20O/c1-13(2)6-9-4-5-10-12(15)8-14(10,3)11(9)7-13/h4-5,9-11H,6-8H2,1-3H3/t9-,10-,11+,14+/m0/s1. The van der Waals surface area contributed by atoms with Crippen molar-refractivity contribution in [2.24, 2.45) is 28.6 Å². The largest absolute Gasteiger partial charge is 0.299 e. The quantitative estimate of drug-likeness (QED) is 0.554. The van der Waals surface area contributed by atoms with Crippen molar-refractivity contribution >= 4 is 5.78 Å². The average Bonchev–Trinajstić information content (AvgIpc) is 2.40. The van der Waals surface area contributed by atoms with E-state index in [2.05, 4.69) is 32.9 Å². The Morgan fingerprint density at radius 2 is 1.93 bits per heavy atom. The first kappa shape index (κ1) is 9.62. The second kappa shape index (κ2) is 2.56. The van der Waals surface area contributed by atoms with Gasteiger partial charge in [0.25, 0.3) is 0 Å². The molecule has 4 atom stereocenters. The van der Waals surface area contributed by atoms with Gasteiger partial charge in [0.15, 0.2) is 0 Å². The Bertz CT molecular complexity index is 352. The lowest BCUT2D eigenvalue weighted by Gasteiger charge is -2.52. The van der Waals surface area contributed by atoms with Crippen LogP contribution in [0.4, 0.5) is 0 Å². The van der Waals surface area contributed by atoms with E-state index in [4.69, 9.17) is 0 Å². The summed E-state index contributed by atoms with van der Waals surface area (Å²) >= 11 is 0. The highest BCUT2D eigenvalue weighted by molar-refractivity contribution is 5.91. The van der Waals surface area contributed by atoms with E-state index >= 15 is 0 Å². The van der Waals surface area contributed by atoms with Gasteiger partial charge in [-0.25, -0.2) is 0 Å². The molecule has 0 radical (unpaired) electrons. The van der Waals surface area contributed by atoms with Gasteiger partial charge in [0.2, 0.25) is 0 Å². The van der Waals surface area contributed by atoms with Gasteiger partial charge >= 0.3 is 0 Å². The first-order valence-electron chi connectivity index (χ1n) is 6.13. The summed E-state index contributed by atoms with van der Waals surface area (Å²) < 4.78 is 0. The molecule has 0 aromatic rings. The van der Waals surface area contributed by atoms with Crippen molar-refractivity contribution < 1.29 is 4.79 Å².